The Morgan fingerprint density at radius 3 is 0.842 bits per heavy atom. The van der Waals surface area contributed by atoms with Crippen LogP contribution in [0.25, 0.3) is 21.8 Å². The lowest BCUT2D eigenvalue weighted by Crippen LogP contribution is -2.60. The van der Waals surface area contributed by atoms with Crippen molar-refractivity contribution in [3.05, 3.63) is 72.1 Å². The standard InChI is InChI=1S/C69H112N20O12/c1-41(60(92)84-54(28-12-18-34-73)64(96)80-43(3)62(94)86-56(30-14-20-36-75)67(99)89-57(37-45-39-77-49-23-7-5-21-47(45)49)68(100)83-51(59(76)91)25-9-15-31-70)79-63(95)53(27-11-17-33-72)85-61(93)42(2)81-65(97)55(29-13-19-35-74)87-69(101)58(38-46-40-78-50-24-8-6-22-48(46)50)88-66(98)52(82-44(4)90)26-10-16-32-71/h5-8,21-24,39-43,51-58,77-78H,9-20,25-38,70-75H2,1-4H3,(H2,76,91)(H,79,95)(H,80,96)(H,81,97)(H,82,90)(H,83,100)(H,84,92)(H,85,93)(H,86,94)(H,87,101)(H,88,98)(H,89,99)/t41-,42-,43-,51-,52-,53-,54-,55-,56-,57-,58-/m0/s1. The van der Waals surface area contributed by atoms with Crippen molar-refractivity contribution in [2.24, 2.45) is 40.1 Å². The van der Waals surface area contributed by atoms with E-state index in [0.717, 1.165) is 21.8 Å². The highest BCUT2D eigenvalue weighted by atomic mass is 16.2. The number of carbonyl (C=O) groups is 12. The molecule has 4 rings (SSSR count). The zero-order valence-corrected chi connectivity index (χ0v) is 58.9. The summed E-state index contributed by atoms with van der Waals surface area (Å²) in [5.41, 5.74) is 43.2. The molecule has 0 saturated carbocycles. The number of aromatic amines is 2. The van der Waals surface area contributed by atoms with Gasteiger partial charge in [-0.15, -0.1) is 0 Å². The molecule has 2 heterocycles. The third-order valence-corrected chi connectivity index (χ3v) is 17.3. The number of fused-ring (bicyclic) bond motifs is 2. The Morgan fingerprint density at radius 1 is 0.317 bits per heavy atom. The SMILES string of the molecule is CC(=O)N[C@@H](CCCCN)C(=O)N[C@@H](Cc1c[nH]c2ccccc12)C(=O)N[C@@H](CCCCN)C(=O)N[C@@H](C)C(=O)N[C@@H](CCCCN)C(=O)N[C@@H](C)C(=O)N[C@@H](CCCCN)C(=O)N[C@@H](C)C(=O)N[C@@H](CCCCN)C(=O)N[C@@H](Cc1c[nH]c2ccccc12)C(=O)N[C@@H](CCCCN)C(N)=O. The number of hydrogen-bond donors (Lipinski definition) is 20. The second-order valence-electron chi connectivity index (χ2n) is 25.6. The molecule has 0 spiro atoms. The van der Waals surface area contributed by atoms with Gasteiger partial charge in [-0.2, -0.15) is 0 Å². The molecule has 101 heavy (non-hydrogen) atoms. The minimum Gasteiger partial charge on any atom is -0.368 e. The molecule has 27 N–H and O–H groups in total. The van der Waals surface area contributed by atoms with E-state index in [2.05, 4.69) is 68.5 Å². The van der Waals surface area contributed by atoms with Crippen LogP contribution in [0.15, 0.2) is 60.9 Å². The van der Waals surface area contributed by atoms with Crippen LogP contribution in [0.5, 0.6) is 0 Å². The van der Waals surface area contributed by atoms with Crippen LogP contribution < -0.4 is 98.6 Å². The molecule has 2 aromatic carbocycles. The van der Waals surface area contributed by atoms with Gasteiger partial charge in [0.25, 0.3) is 0 Å². The van der Waals surface area contributed by atoms with Gasteiger partial charge in [-0.3, -0.25) is 57.5 Å². The Morgan fingerprint density at radius 2 is 0.554 bits per heavy atom. The predicted molar refractivity (Wildman–Crippen MR) is 385 cm³/mol. The van der Waals surface area contributed by atoms with E-state index in [4.69, 9.17) is 40.1 Å². The first-order valence-corrected chi connectivity index (χ1v) is 35.3. The Balaban J connectivity index is 1.48. The highest BCUT2D eigenvalue weighted by Crippen LogP contribution is 2.22. The van der Waals surface area contributed by atoms with E-state index >= 15 is 0 Å². The van der Waals surface area contributed by atoms with Crippen molar-refractivity contribution >= 4 is 92.7 Å². The molecule has 0 unspecified atom stereocenters. The number of H-pyrrole nitrogens is 2. The van der Waals surface area contributed by atoms with Crippen LogP contribution in [0, 0.1) is 0 Å². The average molecular weight is 1410 g/mol. The topological polar surface area (TPSA) is 551 Å². The number of benzene rings is 2. The number of amides is 12. The van der Waals surface area contributed by atoms with Gasteiger partial charge in [0, 0.05) is 54.0 Å². The molecule has 0 bridgehead atoms. The summed E-state index contributed by atoms with van der Waals surface area (Å²) in [5.74, 6) is -8.73. The van der Waals surface area contributed by atoms with E-state index < -0.39 is 137 Å². The van der Waals surface area contributed by atoms with E-state index in [1.54, 1.807) is 12.4 Å². The summed E-state index contributed by atoms with van der Waals surface area (Å²) in [6, 6.07) is 1.19. The first-order valence-electron chi connectivity index (χ1n) is 35.3. The van der Waals surface area contributed by atoms with E-state index in [9.17, 15) is 57.5 Å². The Hall–Kier alpha value is -9.08. The largest absolute Gasteiger partial charge is 0.368 e. The molecule has 11 atom stereocenters. The van der Waals surface area contributed by atoms with Gasteiger partial charge in [-0.25, -0.2) is 0 Å². The molecule has 560 valence electrons. The van der Waals surface area contributed by atoms with E-state index in [1.165, 1.54) is 27.7 Å². The Labute approximate surface area is 590 Å². The number of para-hydroxylation sites is 2. The highest BCUT2D eigenvalue weighted by molar-refractivity contribution is 6.00. The number of nitrogens with one attached hydrogen (secondary N) is 13. The lowest BCUT2D eigenvalue weighted by molar-refractivity contribution is -0.136. The van der Waals surface area contributed by atoms with Crippen LogP contribution in [0.2, 0.25) is 0 Å². The minimum absolute atomic E-state index is 0.0178. The maximum Gasteiger partial charge on any atom is 0.243 e. The number of carbonyl (C=O) groups excluding carboxylic acids is 12. The smallest absolute Gasteiger partial charge is 0.243 e. The number of nitrogens with two attached hydrogens (primary N) is 7. The summed E-state index contributed by atoms with van der Waals surface area (Å²) in [6.45, 7) is 7.19. The lowest BCUT2D eigenvalue weighted by atomic mass is 10.0. The molecule has 32 nitrogen and oxygen atoms in total. The van der Waals surface area contributed by atoms with Gasteiger partial charge in [0.15, 0.2) is 0 Å². The molecule has 4 aromatic rings. The van der Waals surface area contributed by atoms with Crippen molar-refractivity contribution in [3.63, 3.8) is 0 Å². The molecule has 0 radical (unpaired) electrons. The Bertz CT molecular complexity index is 3330. The van der Waals surface area contributed by atoms with E-state index in [-0.39, 0.29) is 77.5 Å². The van der Waals surface area contributed by atoms with Crippen LogP contribution in [0.1, 0.15) is 154 Å². The van der Waals surface area contributed by atoms with E-state index in [0.29, 0.717) is 101 Å². The van der Waals surface area contributed by atoms with Crippen LogP contribution in [0.3, 0.4) is 0 Å². The zero-order valence-electron chi connectivity index (χ0n) is 58.9. The fraction of sp³-hybridized carbons (Fsp3) is 0.594. The van der Waals surface area contributed by atoms with Gasteiger partial charge in [-0.1, -0.05) is 36.4 Å². The van der Waals surface area contributed by atoms with Gasteiger partial charge in [-0.05, 0) is 199 Å². The van der Waals surface area contributed by atoms with Crippen LogP contribution in [-0.2, 0) is 70.4 Å². The third-order valence-electron chi connectivity index (χ3n) is 17.3. The van der Waals surface area contributed by atoms with Crippen LogP contribution in [-0.4, -0.2) is 187 Å². The lowest BCUT2D eigenvalue weighted by Gasteiger charge is -2.27. The van der Waals surface area contributed by atoms with Crippen molar-refractivity contribution in [1.82, 2.24) is 68.5 Å². The van der Waals surface area contributed by atoms with Crippen molar-refractivity contribution in [2.75, 3.05) is 39.3 Å². The summed E-state index contributed by atoms with van der Waals surface area (Å²) >= 11 is 0. The molecule has 0 aliphatic rings. The van der Waals surface area contributed by atoms with Gasteiger partial charge in [0.1, 0.15) is 66.5 Å². The van der Waals surface area contributed by atoms with Crippen molar-refractivity contribution in [1.29, 1.82) is 0 Å². The fourth-order valence-corrected chi connectivity index (χ4v) is 11.4. The first-order chi connectivity index (χ1) is 48.4. The molecule has 12 amide bonds. The van der Waals surface area contributed by atoms with Gasteiger partial charge in [0.2, 0.25) is 70.9 Å². The summed E-state index contributed by atoms with van der Waals surface area (Å²) in [6.07, 6.45) is 9.60. The van der Waals surface area contributed by atoms with Crippen molar-refractivity contribution in [2.45, 2.75) is 223 Å². The summed E-state index contributed by atoms with van der Waals surface area (Å²) in [5, 5.41) is 31.2. The number of hydrogen-bond acceptors (Lipinski definition) is 18. The first kappa shape index (κ1) is 84.3. The molecular weight excluding hydrogens is 1300 g/mol. The second-order valence-corrected chi connectivity index (χ2v) is 25.6. The highest BCUT2D eigenvalue weighted by Gasteiger charge is 2.35. The molecule has 2 aromatic heterocycles. The summed E-state index contributed by atoms with van der Waals surface area (Å²) < 4.78 is 0. The second kappa shape index (κ2) is 45.6. The van der Waals surface area contributed by atoms with Crippen molar-refractivity contribution in [3.8, 4) is 0 Å². The number of aromatic nitrogens is 2. The fourth-order valence-electron chi connectivity index (χ4n) is 11.4. The molecule has 32 heteroatoms. The normalized spacial score (nSPS) is 14.6. The maximum atomic E-state index is 14.5. The number of rotatable bonds is 50. The predicted octanol–water partition coefficient (Wildman–Crippen LogP) is -1.89. The minimum atomic E-state index is -1.32. The molecule has 0 fully saturated rings. The molecular formula is C69H112N20O12. The van der Waals surface area contributed by atoms with Gasteiger partial charge in [0.05, 0.1) is 0 Å². The Kier molecular flexibility index (Phi) is 38.1. The van der Waals surface area contributed by atoms with Gasteiger partial charge < -0.3 is 109 Å². The monoisotopic (exact) mass is 1410 g/mol. The number of unbranched alkanes of at least 4 members (excludes halogenated alkanes) is 6. The van der Waals surface area contributed by atoms with Gasteiger partial charge >= 0.3 is 0 Å². The zero-order chi connectivity index (χ0) is 74.4. The summed E-state index contributed by atoms with van der Waals surface area (Å²) in [4.78, 5) is 172. The van der Waals surface area contributed by atoms with Crippen molar-refractivity contribution < 1.29 is 57.5 Å². The quantitative estimate of drug-likeness (QED) is 0.0215. The molecule has 0 aliphatic heterocycles. The maximum absolute atomic E-state index is 14.5. The molecule has 0 saturated heterocycles. The van der Waals surface area contributed by atoms with Crippen LogP contribution >= 0.6 is 0 Å². The van der Waals surface area contributed by atoms with Crippen LogP contribution in [0.4, 0.5) is 0 Å². The number of primary amides is 1. The third kappa shape index (κ3) is 29.2. The summed E-state index contributed by atoms with van der Waals surface area (Å²) in [7, 11) is 0. The average Bonchev–Trinajstić information content (AvgIpc) is 1.72. The van der Waals surface area contributed by atoms with E-state index in [1.807, 2.05) is 48.5 Å². The molecule has 0 aliphatic carbocycles.